The van der Waals surface area contributed by atoms with Gasteiger partial charge in [0.1, 0.15) is 6.61 Å². The highest BCUT2D eigenvalue weighted by Crippen LogP contribution is 2.24. The Morgan fingerprint density at radius 1 is 1.39 bits per heavy atom. The number of benzene rings is 1. The van der Waals surface area contributed by atoms with Crippen molar-refractivity contribution >= 4 is 17.1 Å². The van der Waals surface area contributed by atoms with Gasteiger partial charge in [0.2, 0.25) is 0 Å². The molecule has 5 N–H and O–H groups in total. The van der Waals surface area contributed by atoms with Crippen molar-refractivity contribution in [2.45, 2.75) is 5.92 Å². The number of hydrazine groups is 1. The summed E-state index contributed by atoms with van der Waals surface area (Å²) in [4.78, 5) is 9.93. The molecule has 7 nitrogen and oxygen atoms in total. The van der Waals surface area contributed by atoms with E-state index in [0.717, 1.165) is 12.1 Å². The predicted molar refractivity (Wildman–Crippen MR) is 61.4 cm³/mol. The quantitative estimate of drug-likeness (QED) is 0.344. The molecule has 0 radical (unpaired) electrons. The largest absolute Gasteiger partial charge is 0.390 e. The lowest BCUT2D eigenvalue weighted by Gasteiger charge is -2.15. The van der Waals surface area contributed by atoms with E-state index in [1.165, 1.54) is 6.07 Å². The van der Waals surface area contributed by atoms with Crippen molar-refractivity contribution in [2.24, 2.45) is 5.84 Å². The second-order valence-electron chi connectivity index (χ2n) is 3.54. The van der Waals surface area contributed by atoms with E-state index in [9.17, 15) is 18.9 Å². The number of aliphatic hydroxyl groups is 1. The van der Waals surface area contributed by atoms with Crippen molar-refractivity contribution in [1.82, 2.24) is 0 Å². The number of rotatable bonds is 6. The number of nitrogens with one attached hydrogen (secondary N) is 2. The van der Waals surface area contributed by atoms with Crippen LogP contribution in [-0.4, -0.2) is 29.1 Å². The molecule has 1 rings (SSSR count). The van der Waals surface area contributed by atoms with E-state index in [2.05, 4.69) is 10.7 Å². The molecule has 0 aliphatic carbocycles. The standard InChI is InChI=1S/C9H12F2N4O3/c10-9(11,5-16)4-13-6-1-7(14-12)3-8(2-6)15(17)18/h1-3,13-14,16H,4-5,12H2. The molecule has 9 heteroatoms. The van der Waals surface area contributed by atoms with Crippen LogP contribution in [0.2, 0.25) is 0 Å². The zero-order valence-electron chi connectivity index (χ0n) is 9.19. The first-order valence-electron chi connectivity index (χ1n) is 4.86. The summed E-state index contributed by atoms with van der Waals surface area (Å²) in [5.41, 5.74) is 2.21. The van der Waals surface area contributed by atoms with Gasteiger partial charge < -0.3 is 15.8 Å². The number of nitrogens with two attached hydrogens (primary N) is 1. The lowest BCUT2D eigenvalue weighted by Crippen LogP contribution is -2.31. The third kappa shape index (κ3) is 3.79. The molecule has 18 heavy (non-hydrogen) atoms. The fourth-order valence-corrected chi connectivity index (χ4v) is 1.19. The Hall–Kier alpha value is -2.00. The lowest BCUT2D eigenvalue weighted by molar-refractivity contribution is -0.384. The molecule has 0 aliphatic rings. The van der Waals surface area contributed by atoms with Crippen LogP contribution in [0.25, 0.3) is 0 Å². The van der Waals surface area contributed by atoms with Crippen molar-refractivity contribution < 1.29 is 18.8 Å². The number of anilines is 2. The summed E-state index contributed by atoms with van der Waals surface area (Å²) in [7, 11) is 0. The molecule has 1 aromatic carbocycles. The van der Waals surface area contributed by atoms with Crippen LogP contribution in [0.5, 0.6) is 0 Å². The minimum Gasteiger partial charge on any atom is -0.390 e. The summed E-state index contributed by atoms with van der Waals surface area (Å²) in [6.45, 7) is -2.15. The summed E-state index contributed by atoms with van der Waals surface area (Å²) in [5.74, 6) is 1.80. The maximum Gasteiger partial charge on any atom is 0.287 e. The maximum absolute atomic E-state index is 12.8. The third-order valence-electron chi connectivity index (χ3n) is 2.08. The molecule has 0 atom stereocenters. The van der Waals surface area contributed by atoms with Crippen LogP contribution < -0.4 is 16.6 Å². The molecular formula is C9H12F2N4O3. The van der Waals surface area contributed by atoms with Crippen molar-refractivity contribution in [3.8, 4) is 0 Å². The van der Waals surface area contributed by atoms with Crippen LogP contribution in [0.3, 0.4) is 0 Å². The molecule has 0 heterocycles. The third-order valence-corrected chi connectivity index (χ3v) is 2.08. The molecule has 0 fully saturated rings. The second kappa shape index (κ2) is 5.56. The van der Waals surface area contributed by atoms with Gasteiger partial charge in [0, 0.05) is 17.8 Å². The summed E-state index contributed by atoms with van der Waals surface area (Å²) in [6.07, 6.45) is 0. The molecule has 0 aliphatic heterocycles. The zero-order chi connectivity index (χ0) is 13.8. The van der Waals surface area contributed by atoms with Gasteiger partial charge in [0.25, 0.3) is 11.6 Å². The first-order chi connectivity index (χ1) is 8.38. The monoisotopic (exact) mass is 262 g/mol. The molecule has 100 valence electrons. The Balaban J connectivity index is 2.88. The van der Waals surface area contributed by atoms with Crippen LogP contribution in [0, 0.1) is 10.1 Å². The van der Waals surface area contributed by atoms with Gasteiger partial charge in [-0.15, -0.1) is 0 Å². The van der Waals surface area contributed by atoms with E-state index in [4.69, 9.17) is 10.9 Å². The SMILES string of the molecule is NNc1cc(NCC(F)(F)CO)cc([N+](=O)[O-])c1. The van der Waals surface area contributed by atoms with Crippen molar-refractivity contribution in [1.29, 1.82) is 0 Å². The number of aliphatic hydroxyl groups excluding tert-OH is 1. The number of nitrogens with zero attached hydrogens (tertiary/aromatic N) is 1. The minimum atomic E-state index is -3.30. The van der Waals surface area contributed by atoms with Gasteiger partial charge in [0.15, 0.2) is 0 Å². The number of non-ortho nitro benzene ring substituents is 1. The van der Waals surface area contributed by atoms with Gasteiger partial charge in [-0.3, -0.25) is 16.0 Å². The van der Waals surface area contributed by atoms with E-state index in [0.29, 0.717) is 0 Å². The fraction of sp³-hybridized carbons (Fsp3) is 0.333. The molecule has 1 aromatic rings. The van der Waals surface area contributed by atoms with Gasteiger partial charge in [-0.25, -0.2) is 8.78 Å². The van der Waals surface area contributed by atoms with Gasteiger partial charge in [-0.1, -0.05) is 0 Å². The normalized spacial score (nSPS) is 11.1. The summed E-state index contributed by atoms with van der Waals surface area (Å²) in [6, 6.07) is 3.59. The van der Waals surface area contributed by atoms with Gasteiger partial charge in [0.05, 0.1) is 17.2 Å². The zero-order valence-corrected chi connectivity index (χ0v) is 9.19. The highest BCUT2D eigenvalue weighted by atomic mass is 19.3. The van der Waals surface area contributed by atoms with Crippen LogP contribution in [-0.2, 0) is 0 Å². The summed E-state index contributed by atoms with van der Waals surface area (Å²) >= 11 is 0. The summed E-state index contributed by atoms with van der Waals surface area (Å²) < 4.78 is 25.6. The highest BCUT2D eigenvalue weighted by Gasteiger charge is 2.27. The topological polar surface area (TPSA) is 113 Å². The molecule has 0 aromatic heterocycles. The molecule has 0 unspecified atom stereocenters. The fourth-order valence-electron chi connectivity index (χ4n) is 1.19. The highest BCUT2D eigenvalue weighted by molar-refractivity contribution is 5.63. The van der Waals surface area contributed by atoms with Crippen molar-refractivity contribution in [2.75, 3.05) is 23.9 Å². The van der Waals surface area contributed by atoms with Crippen LogP contribution in [0.15, 0.2) is 18.2 Å². The Labute approximate surface area is 101 Å². The van der Waals surface area contributed by atoms with E-state index >= 15 is 0 Å². The molecular weight excluding hydrogens is 250 g/mol. The maximum atomic E-state index is 12.8. The number of hydrogen-bond acceptors (Lipinski definition) is 6. The van der Waals surface area contributed by atoms with E-state index in [1.54, 1.807) is 0 Å². The van der Waals surface area contributed by atoms with E-state index in [-0.39, 0.29) is 17.1 Å². The Morgan fingerprint density at radius 2 is 2.00 bits per heavy atom. The molecule has 0 saturated heterocycles. The smallest absolute Gasteiger partial charge is 0.287 e. The number of nitro groups is 1. The number of nitro benzene ring substituents is 1. The van der Waals surface area contributed by atoms with Gasteiger partial charge in [-0.05, 0) is 6.07 Å². The number of halogens is 2. The number of alkyl halides is 2. The van der Waals surface area contributed by atoms with Crippen LogP contribution in [0.1, 0.15) is 0 Å². The molecule has 0 spiro atoms. The first kappa shape index (κ1) is 14.1. The van der Waals surface area contributed by atoms with Crippen LogP contribution >= 0.6 is 0 Å². The Kier molecular flexibility index (Phi) is 4.34. The summed E-state index contributed by atoms with van der Waals surface area (Å²) in [5, 5.41) is 21.3. The van der Waals surface area contributed by atoms with Crippen LogP contribution in [0.4, 0.5) is 25.8 Å². The minimum absolute atomic E-state index is 0.102. The average Bonchev–Trinajstić information content (AvgIpc) is 2.36. The molecule has 0 saturated carbocycles. The molecule has 0 bridgehead atoms. The number of hydrogen-bond donors (Lipinski definition) is 4. The molecule has 0 amide bonds. The lowest BCUT2D eigenvalue weighted by atomic mass is 10.2. The van der Waals surface area contributed by atoms with Gasteiger partial charge in [-0.2, -0.15) is 0 Å². The average molecular weight is 262 g/mol. The Morgan fingerprint density at radius 3 is 2.50 bits per heavy atom. The van der Waals surface area contributed by atoms with E-state index < -0.39 is 24.0 Å². The van der Waals surface area contributed by atoms with E-state index in [1.807, 2.05) is 0 Å². The second-order valence-corrected chi connectivity index (χ2v) is 3.54. The van der Waals surface area contributed by atoms with Gasteiger partial charge >= 0.3 is 0 Å². The first-order valence-corrected chi connectivity index (χ1v) is 4.86. The Bertz CT molecular complexity index is 442. The predicted octanol–water partition coefficient (Wildman–Crippen LogP) is 0.920. The van der Waals surface area contributed by atoms with Crippen molar-refractivity contribution in [3.05, 3.63) is 28.3 Å². The van der Waals surface area contributed by atoms with Crippen molar-refractivity contribution in [3.63, 3.8) is 0 Å². The number of nitrogen functional groups attached to an aromatic ring is 1.